The summed E-state index contributed by atoms with van der Waals surface area (Å²) >= 11 is 0. The van der Waals surface area contributed by atoms with Crippen molar-refractivity contribution in [1.82, 2.24) is 0 Å². The Morgan fingerprint density at radius 2 is 1.28 bits per heavy atom. The van der Waals surface area contributed by atoms with Crippen molar-refractivity contribution in [3.05, 3.63) is 34.4 Å². The van der Waals surface area contributed by atoms with E-state index >= 15 is 0 Å². The number of aryl methyl sites for hydroxylation is 3. The second-order valence-electron chi connectivity index (χ2n) is 7.83. The Kier molecular flexibility index (Phi) is 8.37. The minimum Gasteiger partial charge on any atom is -0.288 e. The average molecular weight is 342 g/mol. The predicted molar refractivity (Wildman–Crippen MR) is 108 cm³/mol. The van der Waals surface area contributed by atoms with Gasteiger partial charge < -0.3 is 0 Å². The monoisotopic (exact) mass is 341 g/mol. The minimum absolute atomic E-state index is 0.0705. The minimum atomic E-state index is 0.0705. The van der Waals surface area contributed by atoms with Crippen molar-refractivity contribution in [1.29, 1.82) is 0 Å². The molecular formula is C23H35NO. The van der Waals surface area contributed by atoms with Gasteiger partial charge in [-0.25, -0.2) is 0 Å². The van der Waals surface area contributed by atoms with E-state index in [9.17, 15) is 4.79 Å². The molecule has 0 spiro atoms. The summed E-state index contributed by atoms with van der Waals surface area (Å²) in [6, 6.07) is 4.50. The summed E-state index contributed by atoms with van der Waals surface area (Å²) in [6.45, 7) is 6.13. The third-order valence-corrected chi connectivity index (χ3v) is 5.40. The maximum Gasteiger partial charge on any atom is 0.204 e. The molecule has 1 aliphatic rings. The third kappa shape index (κ3) is 6.76. The van der Waals surface area contributed by atoms with E-state index in [1.807, 2.05) is 13.8 Å². The van der Waals surface area contributed by atoms with Crippen molar-refractivity contribution in [3.63, 3.8) is 0 Å². The first-order valence-electron chi connectivity index (χ1n) is 10.2. The van der Waals surface area contributed by atoms with Crippen LogP contribution in [0.5, 0.6) is 0 Å². The number of Topliss-reactive ketones (excluding diaryl/α,β-unsaturated/α-hetero) is 1. The van der Waals surface area contributed by atoms with Crippen LogP contribution in [0.4, 0.5) is 0 Å². The van der Waals surface area contributed by atoms with Crippen LogP contribution < -0.4 is 0 Å². The van der Waals surface area contributed by atoms with Gasteiger partial charge in [0.15, 0.2) is 0 Å². The molecule has 1 fully saturated rings. The van der Waals surface area contributed by atoms with Gasteiger partial charge >= 0.3 is 0 Å². The Hall–Kier alpha value is -1.44. The quantitative estimate of drug-likeness (QED) is 0.453. The fourth-order valence-electron chi connectivity index (χ4n) is 4.10. The van der Waals surface area contributed by atoms with Gasteiger partial charge in [-0.3, -0.25) is 9.79 Å². The largest absolute Gasteiger partial charge is 0.288 e. The predicted octanol–water partition coefficient (Wildman–Crippen LogP) is 6.54. The first-order chi connectivity index (χ1) is 12.1. The third-order valence-electron chi connectivity index (χ3n) is 5.40. The van der Waals surface area contributed by atoms with E-state index in [0.717, 1.165) is 29.5 Å². The molecule has 1 aromatic rings. The number of carbonyl (C=O) groups excluding carboxylic acids is 1. The SMILES string of the molecule is Cc1cc(C)c(C(=O)C=NC2CCCCCCCCCCC2)c(C)c1. The molecule has 0 saturated heterocycles. The van der Waals surface area contributed by atoms with Crippen LogP contribution in [-0.2, 0) is 0 Å². The van der Waals surface area contributed by atoms with Gasteiger partial charge in [0, 0.05) is 5.56 Å². The number of rotatable bonds is 3. The molecule has 0 amide bonds. The number of nitrogens with zero attached hydrogens (tertiary/aromatic N) is 1. The van der Waals surface area contributed by atoms with Crippen LogP contribution in [0, 0.1) is 20.8 Å². The zero-order valence-electron chi connectivity index (χ0n) is 16.4. The van der Waals surface area contributed by atoms with Crippen molar-refractivity contribution in [2.24, 2.45) is 4.99 Å². The number of carbonyl (C=O) groups is 1. The van der Waals surface area contributed by atoms with Crippen LogP contribution in [0.2, 0.25) is 0 Å². The summed E-state index contributed by atoms with van der Waals surface area (Å²) < 4.78 is 0. The van der Waals surface area contributed by atoms with E-state index in [1.165, 1.54) is 63.4 Å². The molecule has 2 rings (SSSR count). The topological polar surface area (TPSA) is 29.4 Å². The maximum absolute atomic E-state index is 12.7. The van der Waals surface area contributed by atoms with E-state index in [4.69, 9.17) is 4.99 Å². The van der Waals surface area contributed by atoms with Crippen molar-refractivity contribution in [2.75, 3.05) is 0 Å². The Morgan fingerprint density at radius 1 is 0.840 bits per heavy atom. The summed E-state index contributed by atoms with van der Waals surface area (Å²) in [6.07, 6.45) is 15.9. The highest BCUT2D eigenvalue weighted by Crippen LogP contribution is 2.20. The number of hydrogen-bond donors (Lipinski definition) is 0. The van der Waals surface area contributed by atoms with Crippen LogP contribution >= 0.6 is 0 Å². The van der Waals surface area contributed by atoms with Gasteiger partial charge in [-0.2, -0.15) is 0 Å². The van der Waals surface area contributed by atoms with E-state index in [0.29, 0.717) is 6.04 Å². The second kappa shape index (κ2) is 10.5. The number of benzene rings is 1. The summed E-state index contributed by atoms with van der Waals surface area (Å²) in [4.78, 5) is 17.4. The second-order valence-corrected chi connectivity index (χ2v) is 7.83. The fraction of sp³-hybridized carbons (Fsp3) is 0.652. The lowest BCUT2D eigenvalue weighted by atomic mass is 9.96. The lowest BCUT2D eigenvalue weighted by molar-refractivity contribution is 0.106. The van der Waals surface area contributed by atoms with Gasteiger partial charge in [-0.1, -0.05) is 75.5 Å². The molecule has 0 unspecified atom stereocenters. The highest BCUT2D eigenvalue weighted by Gasteiger charge is 2.13. The van der Waals surface area contributed by atoms with Gasteiger partial charge in [0.1, 0.15) is 0 Å². The van der Waals surface area contributed by atoms with E-state index in [2.05, 4.69) is 19.1 Å². The summed E-state index contributed by atoms with van der Waals surface area (Å²) in [5.74, 6) is 0.0705. The summed E-state index contributed by atoms with van der Waals surface area (Å²) in [5.41, 5.74) is 4.17. The normalized spacial score (nSPS) is 18.7. The molecule has 2 nitrogen and oxygen atoms in total. The van der Waals surface area contributed by atoms with Crippen LogP contribution in [0.15, 0.2) is 17.1 Å². The molecule has 0 radical (unpaired) electrons. The molecule has 1 aromatic carbocycles. The van der Waals surface area contributed by atoms with Crippen molar-refractivity contribution >= 4 is 12.0 Å². The molecule has 0 aromatic heterocycles. The summed E-state index contributed by atoms with van der Waals surface area (Å²) in [7, 11) is 0. The van der Waals surface area contributed by atoms with E-state index < -0.39 is 0 Å². The van der Waals surface area contributed by atoms with Crippen molar-refractivity contribution in [3.8, 4) is 0 Å². The average Bonchev–Trinajstić information content (AvgIpc) is 2.53. The zero-order chi connectivity index (χ0) is 18.1. The molecule has 0 aliphatic heterocycles. The Labute approximate surface area is 154 Å². The molecule has 25 heavy (non-hydrogen) atoms. The Morgan fingerprint density at radius 3 is 1.76 bits per heavy atom. The highest BCUT2D eigenvalue weighted by atomic mass is 16.1. The first kappa shape index (κ1) is 19.9. The highest BCUT2D eigenvalue weighted by molar-refractivity contribution is 6.36. The Balaban J connectivity index is 2.00. The molecule has 1 saturated carbocycles. The van der Waals surface area contributed by atoms with Crippen molar-refractivity contribution < 1.29 is 4.79 Å². The molecule has 0 bridgehead atoms. The number of ketones is 1. The fourth-order valence-corrected chi connectivity index (χ4v) is 4.10. The van der Waals surface area contributed by atoms with Gasteiger partial charge in [0.05, 0.1) is 12.3 Å². The van der Waals surface area contributed by atoms with E-state index in [1.54, 1.807) is 6.21 Å². The lowest BCUT2D eigenvalue weighted by Crippen LogP contribution is -2.11. The maximum atomic E-state index is 12.7. The summed E-state index contributed by atoms with van der Waals surface area (Å²) in [5, 5.41) is 0. The number of hydrogen-bond acceptors (Lipinski definition) is 2. The van der Waals surface area contributed by atoms with Gasteiger partial charge in [-0.15, -0.1) is 0 Å². The molecule has 0 N–H and O–H groups in total. The smallest absolute Gasteiger partial charge is 0.204 e. The molecule has 1 aliphatic carbocycles. The van der Waals surface area contributed by atoms with E-state index in [-0.39, 0.29) is 5.78 Å². The molecule has 0 atom stereocenters. The molecule has 138 valence electrons. The standard InChI is InChI=1S/C23H35NO/c1-18-15-19(2)23(20(3)16-18)22(25)17-24-21-13-11-9-7-5-4-6-8-10-12-14-21/h15-17,21H,4-14H2,1-3H3. The lowest BCUT2D eigenvalue weighted by Gasteiger charge is -2.14. The molecule has 2 heteroatoms. The van der Waals surface area contributed by atoms with Crippen LogP contribution in [-0.4, -0.2) is 18.0 Å². The molecule has 0 heterocycles. The first-order valence-corrected chi connectivity index (χ1v) is 10.2. The van der Waals surface area contributed by atoms with Crippen molar-refractivity contribution in [2.45, 2.75) is 97.4 Å². The van der Waals surface area contributed by atoms with Crippen LogP contribution in [0.25, 0.3) is 0 Å². The van der Waals surface area contributed by atoms with Crippen LogP contribution in [0.3, 0.4) is 0 Å². The number of aliphatic imine (C=N–C) groups is 1. The Bertz CT molecular complexity index is 553. The van der Waals surface area contributed by atoms with Gasteiger partial charge in [0.2, 0.25) is 5.78 Å². The van der Waals surface area contributed by atoms with Gasteiger partial charge in [-0.05, 0) is 44.7 Å². The van der Waals surface area contributed by atoms with Gasteiger partial charge in [0.25, 0.3) is 0 Å². The molecular weight excluding hydrogens is 306 g/mol. The zero-order valence-corrected chi connectivity index (χ0v) is 16.4. The van der Waals surface area contributed by atoms with Crippen LogP contribution in [0.1, 0.15) is 97.7 Å².